The van der Waals surface area contributed by atoms with Crippen molar-refractivity contribution in [2.75, 3.05) is 26.9 Å². The summed E-state index contributed by atoms with van der Waals surface area (Å²) in [5, 5.41) is 0.528. The Morgan fingerprint density at radius 1 is 1.03 bits per heavy atom. The van der Waals surface area contributed by atoms with Gasteiger partial charge in [-0.25, -0.2) is 4.98 Å². The molecule has 0 spiro atoms. The topological polar surface area (TPSA) is 73.7 Å². The van der Waals surface area contributed by atoms with E-state index in [1.54, 1.807) is 22.6 Å². The van der Waals surface area contributed by atoms with Gasteiger partial charge < -0.3 is 14.4 Å². The van der Waals surface area contributed by atoms with E-state index in [1.807, 2.05) is 86.6 Å². The zero-order chi connectivity index (χ0) is 25.5. The molecule has 1 unspecified atom stereocenters. The predicted octanol–water partition coefficient (Wildman–Crippen LogP) is 4.70. The molecule has 186 valence electrons. The molecular formula is C29H31N3O4. The standard InChI is InChI=1S/C29H31N3O4/c1-4-26(31(17-18-35-3)27(33)20-36-23-13-6-5-7-14-23)28-30-25-16-9-8-15-24(25)29(34)32(28)22-12-10-11-21(2)19-22/h5-16,19,26H,4,17-18,20H2,1-3H3. The first kappa shape index (κ1) is 25.1. The van der Waals surface area contributed by atoms with E-state index >= 15 is 0 Å². The van der Waals surface area contributed by atoms with Crippen molar-refractivity contribution in [3.8, 4) is 11.4 Å². The fourth-order valence-corrected chi connectivity index (χ4v) is 4.32. The van der Waals surface area contributed by atoms with Crippen molar-refractivity contribution in [1.29, 1.82) is 0 Å². The second kappa shape index (κ2) is 11.6. The lowest BCUT2D eigenvalue weighted by Crippen LogP contribution is -2.42. The number of carbonyl (C=O) groups is 1. The van der Waals surface area contributed by atoms with E-state index in [4.69, 9.17) is 14.5 Å². The molecule has 7 nitrogen and oxygen atoms in total. The molecule has 36 heavy (non-hydrogen) atoms. The lowest BCUT2D eigenvalue weighted by molar-refractivity contribution is -0.137. The van der Waals surface area contributed by atoms with Gasteiger partial charge in [0.1, 0.15) is 11.6 Å². The first-order valence-corrected chi connectivity index (χ1v) is 12.1. The van der Waals surface area contributed by atoms with Gasteiger partial charge in [0.25, 0.3) is 11.5 Å². The molecular weight excluding hydrogens is 454 g/mol. The largest absolute Gasteiger partial charge is 0.484 e. The van der Waals surface area contributed by atoms with Gasteiger partial charge >= 0.3 is 0 Å². The van der Waals surface area contributed by atoms with Crippen molar-refractivity contribution < 1.29 is 14.3 Å². The second-order valence-electron chi connectivity index (χ2n) is 8.57. The molecule has 0 saturated carbocycles. The van der Waals surface area contributed by atoms with Crippen LogP contribution in [-0.4, -0.2) is 47.2 Å². The van der Waals surface area contributed by atoms with E-state index in [0.717, 1.165) is 5.56 Å². The van der Waals surface area contributed by atoms with Crippen molar-refractivity contribution in [1.82, 2.24) is 14.5 Å². The van der Waals surface area contributed by atoms with E-state index in [9.17, 15) is 9.59 Å². The van der Waals surface area contributed by atoms with Gasteiger partial charge in [0.05, 0.1) is 29.2 Å². The molecule has 1 amide bonds. The fraction of sp³-hybridized carbons (Fsp3) is 0.276. The summed E-state index contributed by atoms with van der Waals surface area (Å²) in [6, 6.07) is 23.8. The van der Waals surface area contributed by atoms with Crippen LogP contribution in [0.15, 0.2) is 83.7 Å². The predicted molar refractivity (Wildman–Crippen MR) is 141 cm³/mol. The minimum atomic E-state index is -0.468. The fourth-order valence-electron chi connectivity index (χ4n) is 4.32. The molecule has 4 aromatic rings. The molecule has 1 aromatic heterocycles. The van der Waals surface area contributed by atoms with Crippen molar-refractivity contribution in [2.24, 2.45) is 0 Å². The van der Waals surface area contributed by atoms with Crippen molar-refractivity contribution in [3.05, 3.63) is 101 Å². The van der Waals surface area contributed by atoms with E-state index in [1.165, 1.54) is 0 Å². The maximum absolute atomic E-state index is 13.8. The zero-order valence-corrected chi connectivity index (χ0v) is 20.9. The highest BCUT2D eigenvalue weighted by atomic mass is 16.5. The number of aromatic nitrogens is 2. The Labute approximate surface area is 210 Å². The number of aryl methyl sites for hydroxylation is 1. The first-order valence-electron chi connectivity index (χ1n) is 12.1. The average molecular weight is 486 g/mol. The smallest absolute Gasteiger partial charge is 0.266 e. The number of nitrogens with zero attached hydrogens (tertiary/aromatic N) is 3. The number of methoxy groups -OCH3 is 1. The molecule has 0 aliphatic rings. The first-order chi connectivity index (χ1) is 17.5. The van der Waals surface area contributed by atoms with Crippen LogP contribution in [0.25, 0.3) is 16.6 Å². The maximum atomic E-state index is 13.8. The van der Waals surface area contributed by atoms with Crippen LogP contribution in [0.5, 0.6) is 5.75 Å². The molecule has 4 rings (SSSR count). The molecule has 0 aliphatic heterocycles. The Morgan fingerprint density at radius 3 is 2.50 bits per heavy atom. The summed E-state index contributed by atoms with van der Waals surface area (Å²) in [5.74, 6) is 0.919. The SMILES string of the molecule is CCC(c1nc2ccccc2c(=O)n1-c1cccc(C)c1)N(CCOC)C(=O)COc1ccccc1. The van der Waals surface area contributed by atoms with Gasteiger partial charge in [0.15, 0.2) is 6.61 Å². The van der Waals surface area contributed by atoms with Crippen LogP contribution in [0.2, 0.25) is 0 Å². The Balaban J connectivity index is 1.81. The van der Waals surface area contributed by atoms with Gasteiger partial charge in [-0.05, 0) is 55.3 Å². The van der Waals surface area contributed by atoms with Crippen LogP contribution in [0.3, 0.4) is 0 Å². The number of hydrogen-bond acceptors (Lipinski definition) is 5. The molecule has 0 saturated heterocycles. The number of hydrogen-bond donors (Lipinski definition) is 0. The number of carbonyl (C=O) groups excluding carboxylic acids is 1. The lowest BCUT2D eigenvalue weighted by atomic mass is 10.1. The molecule has 0 radical (unpaired) electrons. The quantitative estimate of drug-likeness (QED) is 0.326. The third kappa shape index (κ3) is 5.47. The average Bonchev–Trinajstić information content (AvgIpc) is 2.90. The van der Waals surface area contributed by atoms with Gasteiger partial charge in [0.2, 0.25) is 0 Å². The van der Waals surface area contributed by atoms with Gasteiger partial charge in [-0.15, -0.1) is 0 Å². The van der Waals surface area contributed by atoms with E-state index < -0.39 is 6.04 Å². The third-order valence-electron chi connectivity index (χ3n) is 6.08. The van der Waals surface area contributed by atoms with E-state index in [-0.39, 0.29) is 18.1 Å². The van der Waals surface area contributed by atoms with Gasteiger partial charge in [-0.3, -0.25) is 14.2 Å². The van der Waals surface area contributed by atoms with Gasteiger partial charge in [0, 0.05) is 13.7 Å². The summed E-state index contributed by atoms with van der Waals surface area (Å²) < 4.78 is 12.7. The Hall–Kier alpha value is -3.97. The highest BCUT2D eigenvalue weighted by Gasteiger charge is 2.29. The molecule has 0 aliphatic carbocycles. The molecule has 0 fully saturated rings. The third-order valence-corrected chi connectivity index (χ3v) is 6.08. The molecule has 0 N–H and O–H groups in total. The van der Waals surface area contributed by atoms with Crippen LogP contribution in [-0.2, 0) is 9.53 Å². The van der Waals surface area contributed by atoms with Crippen LogP contribution in [0, 0.1) is 6.92 Å². The number of rotatable bonds is 10. The van der Waals surface area contributed by atoms with E-state index in [0.29, 0.717) is 47.7 Å². The molecule has 1 heterocycles. The number of fused-ring (bicyclic) bond motifs is 1. The molecule has 1 atom stereocenters. The summed E-state index contributed by atoms with van der Waals surface area (Å²) in [4.78, 5) is 33.9. The van der Waals surface area contributed by atoms with Gasteiger partial charge in [-0.1, -0.05) is 49.4 Å². The lowest BCUT2D eigenvalue weighted by Gasteiger charge is -2.32. The summed E-state index contributed by atoms with van der Waals surface area (Å²) in [5.41, 5.74) is 2.17. The number of para-hydroxylation sites is 2. The minimum absolute atomic E-state index is 0.132. The van der Waals surface area contributed by atoms with Crippen molar-refractivity contribution >= 4 is 16.8 Å². The maximum Gasteiger partial charge on any atom is 0.266 e. The van der Waals surface area contributed by atoms with Crippen molar-refractivity contribution in [2.45, 2.75) is 26.3 Å². The number of ether oxygens (including phenoxy) is 2. The van der Waals surface area contributed by atoms with Crippen LogP contribution >= 0.6 is 0 Å². The molecule has 3 aromatic carbocycles. The highest BCUT2D eigenvalue weighted by molar-refractivity contribution is 5.79. The summed E-state index contributed by atoms with van der Waals surface area (Å²) in [6.45, 7) is 4.51. The summed E-state index contributed by atoms with van der Waals surface area (Å²) in [7, 11) is 1.60. The van der Waals surface area contributed by atoms with Crippen LogP contribution < -0.4 is 10.3 Å². The van der Waals surface area contributed by atoms with Gasteiger partial charge in [-0.2, -0.15) is 0 Å². The molecule has 7 heteroatoms. The van der Waals surface area contributed by atoms with Crippen LogP contribution in [0.4, 0.5) is 0 Å². The second-order valence-corrected chi connectivity index (χ2v) is 8.57. The zero-order valence-electron chi connectivity index (χ0n) is 20.9. The summed E-state index contributed by atoms with van der Waals surface area (Å²) in [6.07, 6.45) is 0.553. The Kier molecular flexibility index (Phi) is 8.13. The normalized spacial score (nSPS) is 11.9. The van der Waals surface area contributed by atoms with Crippen LogP contribution in [0.1, 0.15) is 30.8 Å². The number of benzene rings is 3. The monoisotopic (exact) mass is 485 g/mol. The Bertz CT molecular complexity index is 1380. The minimum Gasteiger partial charge on any atom is -0.484 e. The van der Waals surface area contributed by atoms with E-state index in [2.05, 4.69) is 0 Å². The van der Waals surface area contributed by atoms with Crippen molar-refractivity contribution in [3.63, 3.8) is 0 Å². The molecule has 0 bridgehead atoms. The number of amides is 1. The highest BCUT2D eigenvalue weighted by Crippen LogP contribution is 2.26. The summed E-state index contributed by atoms with van der Waals surface area (Å²) >= 11 is 0. The Morgan fingerprint density at radius 2 is 1.78 bits per heavy atom.